The van der Waals surface area contributed by atoms with Crippen molar-refractivity contribution in [2.75, 3.05) is 50.9 Å². The highest BCUT2D eigenvalue weighted by atomic mass is 32.2. The average molecular weight is 1170 g/mol. The van der Waals surface area contributed by atoms with Gasteiger partial charge in [-0.1, -0.05) is 30.0 Å². The van der Waals surface area contributed by atoms with Crippen LogP contribution in [-0.4, -0.2) is 123 Å². The molecule has 1 aliphatic carbocycles. The number of phosphoric ester groups is 1. The number of nitrogens with two attached hydrogens (primary N) is 1. The van der Waals surface area contributed by atoms with Crippen molar-refractivity contribution in [3.8, 4) is 34.3 Å². The first-order chi connectivity index (χ1) is 36.0. The minimum Gasteiger partial charge on any atom is -0.744 e. The summed E-state index contributed by atoms with van der Waals surface area (Å²) in [4.78, 5) is 86.3. The highest BCUT2D eigenvalue weighted by Gasteiger charge is 2.42. The molecular formula is C43H49N8O21P3S2. The SMILES string of the molecule is CCNc1ccc2c(-c3ccccc3C(=O)N(C)CCCC(=O)NCC#Cc3cn([C@H]4CC[C@@H](COP(=O)(O)OP(=O)(O)OP(=O)(O)O)O4)c4nc(N)[nH]c(=O)c34)c3ccc(=[NH+]CC)c(S(=O)(=O)O)c-3oc2c1S(=O)(=O)[O-]. The second-order valence-electron chi connectivity index (χ2n) is 16.8. The van der Waals surface area contributed by atoms with Crippen molar-refractivity contribution >= 4 is 89.2 Å². The van der Waals surface area contributed by atoms with Gasteiger partial charge in [0.1, 0.15) is 27.8 Å². The van der Waals surface area contributed by atoms with E-state index in [-0.39, 0.29) is 113 Å². The van der Waals surface area contributed by atoms with Crippen molar-refractivity contribution in [2.24, 2.45) is 0 Å². The number of nitrogens with zero attached hydrogens (tertiary/aromatic N) is 3. The van der Waals surface area contributed by atoms with Gasteiger partial charge in [-0.3, -0.25) is 28.4 Å². The van der Waals surface area contributed by atoms with Crippen LogP contribution in [-0.2, 0) is 56.6 Å². The number of carbonyl (C=O) groups excluding carboxylic acids is 2. The lowest BCUT2D eigenvalue weighted by Crippen LogP contribution is -2.76. The molecule has 2 aromatic carbocycles. The van der Waals surface area contributed by atoms with E-state index in [1.54, 1.807) is 26.0 Å². The highest BCUT2D eigenvalue weighted by Crippen LogP contribution is 2.66. The lowest BCUT2D eigenvalue weighted by molar-refractivity contribution is -0.498. The maximum Gasteiger partial charge on any atom is 0.490 e. The van der Waals surface area contributed by atoms with E-state index < -0.39 is 101 Å². The van der Waals surface area contributed by atoms with Crippen molar-refractivity contribution < 1.29 is 96.1 Å². The molecule has 2 aliphatic heterocycles. The molecule has 1 saturated heterocycles. The van der Waals surface area contributed by atoms with E-state index in [1.807, 2.05) is 0 Å². The molecule has 29 nitrogen and oxygen atoms in total. The molecule has 1 fully saturated rings. The zero-order valence-corrected chi connectivity index (χ0v) is 44.9. The molecule has 0 saturated carbocycles. The predicted octanol–water partition coefficient (Wildman–Crippen LogP) is 1.45. The van der Waals surface area contributed by atoms with Crippen molar-refractivity contribution in [3.05, 3.63) is 81.6 Å². The van der Waals surface area contributed by atoms with E-state index in [9.17, 15) is 63.8 Å². The molecule has 3 aliphatic rings. The Kier molecular flexibility index (Phi) is 17.5. The number of anilines is 2. The van der Waals surface area contributed by atoms with Gasteiger partial charge >= 0.3 is 33.6 Å². The number of fused-ring (bicyclic) bond motifs is 3. The number of nitrogens with one attached hydrogen (secondary N) is 4. The molecule has 0 spiro atoms. The van der Waals surface area contributed by atoms with E-state index in [2.05, 4.69) is 50.6 Å². The fourth-order valence-corrected chi connectivity index (χ4v) is 13.1. The molecule has 7 rings (SSSR count). The van der Waals surface area contributed by atoms with Crippen LogP contribution in [0.5, 0.6) is 0 Å². The Bertz CT molecular complexity index is 3870. The van der Waals surface area contributed by atoms with Crippen LogP contribution >= 0.6 is 23.5 Å². The Morgan fingerprint density at radius 2 is 1.74 bits per heavy atom. The van der Waals surface area contributed by atoms with Crippen molar-refractivity contribution in [1.82, 2.24) is 24.8 Å². The fourth-order valence-electron chi connectivity index (χ4n) is 8.45. The number of nitrogen functional groups attached to an aromatic ring is 1. The summed E-state index contributed by atoms with van der Waals surface area (Å²) in [7, 11) is -25.8. The van der Waals surface area contributed by atoms with Crippen LogP contribution in [0.1, 0.15) is 61.7 Å². The third kappa shape index (κ3) is 13.8. The van der Waals surface area contributed by atoms with Crippen LogP contribution in [0.2, 0.25) is 0 Å². The molecule has 0 radical (unpaired) electrons. The number of phosphoric acid groups is 3. The zero-order valence-electron chi connectivity index (χ0n) is 40.6. The summed E-state index contributed by atoms with van der Waals surface area (Å²) in [5, 5.41) is 5.37. The van der Waals surface area contributed by atoms with Gasteiger partial charge in [0, 0.05) is 60.9 Å². The Balaban J connectivity index is 1.05. The smallest absolute Gasteiger partial charge is 0.490 e. The van der Waals surface area contributed by atoms with Crippen LogP contribution in [0.15, 0.2) is 73.7 Å². The number of aromatic nitrogens is 3. The van der Waals surface area contributed by atoms with E-state index >= 15 is 0 Å². The number of hydrogen-bond donors (Lipinski definition) is 10. The second-order valence-corrected chi connectivity index (χ2v) is 23.9. The summed E-state index contributed by atoms with van der Waals surface area (Å²) in [6.07, 6.45) is -0.0219. The number of amides is 2. The summed E-state index contributed by atoms with van der Waals surface area (Å²) in [6.45, 7) is 2.80. The summed E-state index contributed by atoms with van der Waals surface area (Å²) < 4.78 is 136. The van der Waals surface area contributed by atoms with Crippen LogP contribution in [0.25, 0.3) is 44.5 Å². The van der Waals surface area contributed by atoms with Gasteiger partial charge in [-0.15, -0.1) is 0 Å². The van der Waals surface area contributed by atoms with E-state index in [0.717, 1.165) is 0 Å². The molecule has 11 N–H and O–H groups in total. The number of hydrogen-bond acceptors (Lipinski definition) is 19. The van der Waals surface area contributed by atoms with Gasteiger partial charge < -0.3 is 59.1 Å². The van der Waals surface area contributed by atoms with Crippen LogP contribution in [0.3, 0.4) is 0 Å². The van der Waals surface area contributed by atoms with Crippen LogP contribution in [0.4, 0.5) is 11.6 Å². The van der Waals surface area contributed by atoms with Gasteiger partial charge in [-0.2, -0.15) is 22.0 Å². The summed E-state index contributed by atoms with van der Waals surface area (Å²) >= 11 is 0. The quantitative estimate of drug-likeness (QED) is 0.0224. The third-order valence-electron chi connectivity index (χ3n) is 11.4. The first kappa shape index (κ1) is 58.5. The Labute approximate surface area is 436 Å². The van der Waals surface area contributed by atoms with Gasteiger partial charge in [0.05, 0.1) is 35.9 Å². The first-order valence-corrected chi connectivity index (χ1v) is 30.1. The van der Waals surface area contributed by atoms with E-state index in [4.69, 9.17) is 24.7 Å². The number of H-pyrrole nitrogens is 1. The van der Waals surface area contributed by atoms with Crippen LogP contribution in [0, 0.1) is 11.8 Å². The maximum atomic E-state index is 14.3. The number of rotatable bonds is 20. The largest absolute Gasteiger partial charge is 0.744 e. The summed E-state index contributed by atoms with van der Waals surface area (Å²) in [5.74, 6) is 3.77. The molecule has 4 atom stereocenters. The Morgan fingerprint density at radius 1 is 1.01 bits per heavy atom. The number of aromatic amines is 1. The van der Waals surface area contributed by atoms with Gasteiger partial charge in [0.25, 0.3) is 11.5 Å². The number of carbonyl (C=O) groups is 2. The molecular weight excluding hydrogens is 1120 g/mol. The van der Waals surface area contributed by atoms with E-state index in [0.29, 0.717) is 0 Å². The zero-order chi connectivity index (χ0) is 56.4. The number of ether oxygens (including phenoxy) is 1. The second kappa shape index (κ2) is 23.0. The number of benzene rings is 3. The first-order valence-electron chi connectivity index (χ1n) is 22.8. The van der Waals surface area contributed by atoms with Crippen LogP contribution < -0.4 is 32.3 Å². The maximum absolute atomic E-state index is 14.3. The highest BCUT2D eigenvalue weighted by molar-refractivity contribution is 7.86. The predicted molar refractivity (Wildman–Crippen MR) is 269 cm³/mol. The minimum absolute atomic E-state index is 0.00362. The van der Waals surface area contributed by atoms with Gasteiger partial charge in [-0.05, 0) is 62.9 Å². The summed E-state index contributed by atoms with van der Waals surface area (Å²) in [5.41, 5.74) is 5.01. The fraction of sp³-hybridized carbons (Fsp3) is 0.326. The normalized spacial score (nSPS) is 17.0. The molecule has 77 heavy (non-hydrogen) atoms. The molecule has 0 bridgehead atoms. The molecule has 34 heteroatoms. The minimum atomic E-state index is -5.75. The molecule has 2 unspecified atom stereocenters. The average Bonchev–Trinajstić information content (AvgIpc) is 4.00. The molecule has 2 aromatic heterocycles. The molecule has 4 aromatic rings. The van der Waals surface area contributed by atoms with E-state index in [1.165, 1.54) is 59.1 Å². The van der Waals surface area contributed by atoms with Crippen molar-refractivity contribution in [2.45, 2.75) is 61.7 Å². The Morgan fingerprint density at radius 3 is 2.42 bits per heavy atom. The monoisotopic (exact) mass is 1170 g/mol. The lowest BCUT2D eigenvalue weighted by atomic mass is 9.90. The summed E-state index contributed by atoms with van der Waals surface area (Å²) in [6, 6.07) is 11.8. The van der Waals surface area contributed by atoms with Gasteiger partial charge in [0.15, 0.2) is 17.0 Å². The van der Waals surface area contributed by atoms with Crippen molar-refractivity contribution in [3.63, 3.8) is 0 Å². The van der Waals surface area contributed by atoms with Gasteiger partial charge in [-0.25, -0.2) is 27.1 Å². The lowest BCUT2D eigenvalue weighted by Gasteiger charge is -2.23. The van der Waals surface area contributed by atoms with Crippen molar-refractivity contribution in [1.29, 1.82) is 0 Å². The standard InChI is InChI=1S/C43H49N8O21P3S2/c1-4-45-30-17-15-28-35(29-16-18-31(46-5-2)39(77(65,66)67)37(29)70-36(28)38(30)76(62,63)64)26-11-6-7-12-27(26)42(54)50(3)21-9-13-32(52)47-20-8-10-24-22-51(40-34(24)41(53)49-43(44)48-40)33-19-14-25(69-33)23-68-74(58,59)72-75(60,61)71-73(55,56)57/h6-7,11-12,15-18,22,25,33,45H,4-5,9,13-14,19-21,23H2,1-3H3,(H,47,52)(H,58,59)(H,60,61)(H2,55,56,57)(H,62,63,64)(H,65,66,67)(H3,44,48,49,53)/t25-,33+/m0/s1. The van der Waals surface area contributed by atoms with Gasteiger partial charge in [0.2, 0.25) is 22.1 Å². The molecule has 2 amide bonds. The molecule has 4 heterocycles. The third-order valence-corrected chi connectivity index (χ3v) is 17.0. The Hall–Kier alpha value is -6.16. The molecule has 414 valence electrons. The topological polar surface area (TPSA) is 446 Å².